The lowest BCUT2D eigenvalue weighted by atomic mass is 9.77. The summed E-state index contributed by atoms with van der Waals surface area (Å²) < 4.78 is 20.8. The van der Waals surface area contributed by atoms with Crippen molar-refractivity contribution in [1.29, 1.82) is 0 Å². The molecule has 234 valence electrons. The van der Waals surface area contributed by atoms with Gasteiger partial charge in [-0.1, -0.05) is 39.8 Å². The highest BCUT2D eigenvalue weighted by Gasteiger charge is 2.38. The van der Waals surface area contributed by atoms with Crippen molar-refractivity contribution in [2.75, 3.05) is 39.5 Å². The van der Waals surface area contributed by atoms with Gasteiger partial charge in [-0.2, -0.15) is 0 Å². The van der Waals surface area contributed by atoms with Crippen molar-refractivity contribution in [2.45, 2.75) is 68.2 Å². The molecule has 0 aromatic heterocycles. The molecule has 0 spiro atoms. The van der Waals surface area contributed by atoms with Gasteiger partial charge in [-0.25, -0.2) is 0 Å². The number of allylic oxidation sites excluding steroid dienone is 4. The maximum Gasteiger partial charge on any atom is 0.324 e. The number of esters is 4. The highest BCUT2D eigenvalue weighted by atomic mass is 16.6. The molecule has 2 N–H and O–H groups in total. The molecule has 0 atom stereocenters. The molecule has 10 heteroatoms. The molecule has 10 nitrogen and oxygen atoms in total. The lowest BCUT2D eigenvalue weighted by Gasteiger charge is -2.31. The molecule has 2 aliphatic rings. The zero-order valence-corrected chi connectivity index (χ0v) is 26.4. The molecule has 42 heavy (non-hydrogen) atoms. The second-order valence-electron chi connectivity index (χ2n) is 11.7. The molecule has 0 bridgehead atoms. The predicted molar refractivity (Wildman–Crippen MR) is 159 cm³/mol. The largest absolute Gasteiger partial charge is 0.465 e. The van der Waals surface area contributed by atoms with Gasteiger partial charge in [0.25, 0.3) is 0 Å². The summed E-state index contributed by atoms with van der Waals surface area (Å²) in [6.45, 7) is 16.7. The first-order valence-corrected chi connectivity index (χ1v) is 14.8. The van der Waals surface area contributed by atoms with Crippen molar-refractivity contribution in [3.05, 3.63) is 46.8 Å². The van der Waals surface area contributed by atoms with Crippen molar-refractivity contribution in [2.24, 2.45) is 22.7 Å². The SMILES string of the molecule is CCOC(=O)C(C(=O)OCC)C1=CC(NCCNC2=CC(C)(C)CC(C(C(=O)OCC)C(=O)OCC)=C2)=CC(C)(C)C1. The van der Waals surface area contributed by atoms with E-state index in [1.165, 1.54) is 0 Å². The number of ether oxygens (including phenoxy) is 4. The Morgan fingerprint density at radius 3 is 1.17 bits per heavy atom. The normalized spacial score (nSPS) is 17.3. The standard InChI is InChI=1S/C32H48N2O8/c1-9-39-27(35)25(28(36)40-10-2)21-15-23(19-31(5,6)17-21)33-13-14-34-24-16-22(18-32(7,8)20-24)26(29(37)41-11-3)30(38)42-12-4/h15-16,19-20,25-26,33-34H,9-14,17-18H2,1-8H3. The van der Waals surface area contributed by atoms with E-state index in [-0.39, 0.29) is 37.3 Å². The summed E-state index contributed by atoms with van der Waals surface area (Å²) in [4.78, 5) is 50.9. The number of hydrogen-bond donors (Lipinski definition) is 2. The highest BCUT2D eigenvalue weighted by molar-refractivity contribution is 5.99. The Morgan fingerprint density at radius 2 is 0.905 bits per heavy atom. The number of nitrogens with one attached hydrogen (secondary N) is 2. The summed E-state index contributed by atoms with van der Waals surface area (Å²) in [5.74, 6) is -4.67. The number of carbonyl (C=O) groups is 4. The third kappa shape index (κ3) is 10.1. The molecular formula is C32H48N2O8. The van der Waals surface area contributed by atoms with E-state index in [1.807, 2.05) is 39.8 Å². The quantitative estimate of drug-likeness (QED) is 0.125. The molecule has 0 aromatic rings. The monoisotopic (exact) mass is 588 g/mol. The van der Waals surface area contributed by atoms with Crippen LogP contribution >= 0.6 is 0 Å². The lowest BCUT2D eigenvalue weighted by Crippen LogP contribution is -2.35. The number of rotatable bonds is 15. The second kappa shape index (κ2) is 15.6. The van der Waals surface area contributed by atoms with E-state index in [0.29, 0.717) is 37.1 Å². The summed E-state index contributed by atoms with van der Waals surface area (Å²) in [6, 6.07) is 0. The van der Waals surface area contributed by atoms with Crippen LogP contribution in [-0.2, 0) is 38.1 Å². The van der Waals surface area contributed by atoms with E-state index in [1.54, 1.807) is 27.7 Å². The molecule has 0 radical (unpaired) electrons. The van der Waals surface area contributed by atoms with E-state index in [0.717, 1.165) is 11.4 Å². The van der Waals surface area contributed by atoms with Gasteiger partial charge in [0.05, 0.1) is 26.4 Å². The van der Waals surface area contributed by atoms with Crippen LogP contribution in [0.4, 0.5) is 0 Å². The number of carbonyl (C=O) groups excluding carboxylic acids is 4. The van der Waals surface area contributed by atoms with Gasteiger partial charge in [0.2, 0.25) is 0 Å². The smallest absolute Gasteiger partial charge is 0.324 e. The molecule has 0 unspecified atom stereocenters. The van der Waals surface area contributed by atoms with E-state index in [9.17, 15) is 19.2 Å². The van der Waals surface area contributed by atoms with Crippen molar-refractivity contribution >= 4 is 23.9 Å². The average molecular weight is 589 g/mol. The van der Waals surface area contributed by atoms with Gasteiger partial charge < -0.3 is 29.6 Å². The maximum absolute atomic E-state index is 12.7. The van der Waals surface area contributed by atoms with Gasteiger partial charge in [0.15, 0.2) is 11.8 Å². The van der Waals surface area contributed by atoms with Gasteiger partial charge in [0, 0.05) is 24.5 Å². The van der Waals surface area contributed by atoms with E-state index >= 15 is 0 Å². The molecule has 0 aromatic carbocycles. The molecule has 0 amide bonds. The van der Waals surface area contributed by atoms with Gasteiger partial charge in [-0.05, 0) is 74.7 Å². The van der Waals surface area contributed by atoms with Gasteiger partial charge in [-0.15, -0.1) is 0 Å². The molecule has 2 rings (SSSR count). The average Bonchev–Trinajstić information content (AvgIpc) is 2.86. The van der Waals surface area contributed by atoms with Crippen LogP contribution in [0, 0.1) is 22.7 Å². The minimum absolute atomic E-state index is 0.168. The third-order valence-electron chi connectivity index (χ3n) is 6.71. The van der Waals surface area contributed by atoms with Gasteiger partial charge in [-0.3, -0.25) is 19.2 Å². The molecular weight excluding hydrogens is 540 g/mol. The first kappa shape index (κ1) is 34.6. The summed E-state index contributed by atoms with van der Waals surface area (Å²) in [5, 5.41) is 6.78. The minimum Gasteiger partial charge on any atom is -0.465 e. The van der Waals surface area contributed by atoms with Crippen LogP contribution in [0.2, 0.25) is 0 Å². The highest BCUT2D eigenvalue weighted by Crippen LogP contribution is 2.38. The predicted octanol–water partition coefficient (Wildman–Crippen LogP) is 4.13. The molecule has 0 heterocycles. The first-order valence-electron chi connectivity index (χ1n) is 14.8. The second-order valence-corrected chi connectivity index (χ2v) is 11.7. The van der Waals surface area contributed by atoms with Crippen LogP contribution in [0.25, 0.3) is 0 Å². The van der Waals surface area contributed by atoms with Crippen LogP contribution in [0.3, 0.4) is 0 Å². The Hall–Kier alpha value is -3.56. The van der Waals surface area contributed by atoms with Crippen molar-refractivity contribution in [3.8, 4) is 0 Å². The van der Waals surface area contributed by atoms with Crippen molar-refractivity contribution in [1.82, 2.24) is 10.6 Å². The minimum atomic E-state index is -1.11. The number of hydrogen-bond acceptors (Lipinski definition) is 10. The van der Waals surface area contributed by atoms with Gasteiger partial charge in [0.1, 0.15) is 0 Å². The Balaban J connectivity index is 2.18. The Kier molecular flexibility index (Phi) is 12.9. The zero-order chi connectivity index (χ0) is 31.5. The van der Waals surface area contributed by atoms with E-state index in [2.05, 4.69) is 22.8 Å². The van der Waals surface area contributed by atoms with Crippen LogP contribution in [0.1, 0.15) is 68.2 Å². The van der Waals surface area contributed by atoms with E-state index < -0.39 is 35.7 Å². The fraction of sp³-hybridized carbons (Fsp3) is 0.625. The summed E-state index contributed by atoms with van der Waals surface area (Å²) in [5.41, 5.74) is 2.26. The van der Waals surface area contributed by atoms with E-state index in [4.69, 9.17) is 18.9 Å². The summed E-state index contributed by atoms with van der Waals surface area (Å²) in [7, 11) is 0. The molecule has 2 aliphatic carbocycles. The zero-order valence-electron chi connectivity index (χ0n) is 26.4. The molecule has 0 fully saturated rings. The van der Waals surface area contributed by atoms with Gasteiger partial charge >= 0.3 is 23.9 Å². The molecule has 0 saturated carbocycles. The van der Waals surface area contributed by atoms with Crippen molar-refractivity contribution < 1.29 is 38.1 Å². The summed E-state index contributed by atoms with van der Waals surface area (Å²) >= 11 is 0. The topological polar surface area (TPSA) is 129 Å². The van der Waals surface area contributed by atoms with Crippen LogP contribution in [-0.4, -0.2) is 63.4 Å². The Labute approximate surface area is 249 Å². The molecule has 0 saturated heterocycles. The fourth-order valence-electron chi connectivity index (χ4n) is 5.27. The molecule has 0 aliphatic heterocycles. The fourth-order valence-corrected chi connectivity index (χ4v) is 5.27. The Bertz CT molecular complexity index is 1010. The third-order valence-corrected chi connectivity index (χ3v) is 6.71. The van der Waals surface area contributed by atoms with Crippen LogP contribution in [0.15, 0.2) is 46.8 Å². The maximum atomic E-state index is 12.7. The van der Waals surface area contributed by atoms with Crippen LogP contribution in [0.5, 0.6) is 0 Å². The Morgan fingerprint density at radius 1 is 0.619 bits per heavy atom. The summed E-state index contributed by atoms with van der Waals surface area (Å²) in [6.07, 6.45) is 8.83. The lowest BCUT2D eigenvalue weighted by molar-refractivity contribution is -0.161. The van der Waals surface area contributed by atoms with Crippen molar-refractivity contribution in [3.63, 3.8) is 0 Å². The first-order chi connectivity index (χ1) is 19.8. The van der Waals surface area contributed by atoms with Crippen LogP contribution < -0.4 is 10.6 Å².